The molecule has 0 bridgehead atoms. The van der Waals surface area contributed by atoms with Gasteiger partial charge in [0, 0.05) is 18.1 Å². The number of benzene rings is 2. The fraction of sp³-hybridized carbons (Fsp3) is 0.231. The molecule has 5 rings (SSSR count). The molecule has 0 saturated carbocycles. The predicted molar refractivity (Wildman–Crippen MR) is 111 cm³/mol. The molecule has 2 unspecified atom stereocenters. The van der Waals surface area contributed by atoms with Gasteiger partial charge in [0.15, 0.2) is 17.5 Å². The third kappa shape index (κ3) is 1.98. The van der Waals surface area contributed by atoms with E-state index in [9.17, 15) is 4.79 Å². The van der Waals surface area contributed by atoms with Crippen molar-refractivity contribution in [3.63, 3.8) is 0 Å². The van der Waals surface area contributed by atoms with Gasteiger partial charge in [-0.1, -0.05) is 68.5 Å². The van der Waals surface area contributed by atoms with Crippen LogP contribution in [0.1, 0.15) is 48.2 Å². The summed E-state index contributed by atoms with van der Waals surface area (Å²) in [6, 6.07) is 22.4. The monoisotopic (exact) mass is 366 g/mol. The summed E-state index contributed by atoms with van der Waals surface area (Å²) in [5.74, 6) is 0.0754. The number of hydrogen-bond donors (Lipinski definition) is 0. The lowest BCUT2D eigenvalue weighted by molar-refractivity contribution is -0.759. The molecule has 0 N–H and O–H groups in total. The zero-order valence-electron chi connectivity index (χ0n) is 16.4. The smallest absolute Gasteiger partial charge is 0.213 e. The van der Waals surface area contributed by atoms with Crippen LogP contribution in [-0.2, 0) is 11.0 Å². The number of pyridine rings is 1. The van der Waals surface area contributed by atoms with E-state index in [2.05, 4.69) is 67.1 Å². The van der Waals surface area contributed by atoms with E-state index in [1.54, 1.807) is 0 Å². The molecule has 0 spiro atoms. The fourth-order valence-electron chi connectivity index (χ4n) is 5.35. The Balaban J connectivity index is 1.75. The Morgan fingerprint density at radius 1 is 0.821 bits per heavy atom. The first-order valence-electron chi connectivity index (χ1n) is 10.1. The first-order chi connectivity index (χ1) is 13.7. The van der Waals surface area contributed by atoms with Crippen molar-refractivity contribution in [2.45, 2.75) is 37.6 Å². The van der Waals surface area contributed by atoms with Crippen molar-refractivity contribution < 1.29 is 9.36 Å². The molecular weight excluding hydrogens is 342 g/mol. The molecule has 0 saturated heterocycles. The summed E-state index contributed by atoms with van der Waals surface area (Å²) in [5, 5.41) is 0. The molecule has 2 heteroatoms. The molecular formula is C26H24NO+. The molecule has 3 aromatic rings. The molecule has 2 aromatic carbocycles. The van der Waals surface area contributed by atoms with Crippen molar-refractivity contribution in [1.82, 2.24) is 0 Å². The van der Waals surface area contributed by atoms with Crippen LogP contribution in [-0.4, -0.2) is 5.78 Å². The van der Waals surface area contributed by atoms with Crippen LogP contribution in [0.25, 0.3) is 11.3 Å². The van der Waals surface area contributed by atoms with Crippen molar-refractivity contribution in [2.24, 2.45) is 0 Å². The van der Waals surface area contributed by atoms with Crippen molar-refractivity contribution in [2.75, 3.05) is 0 Å². The van der Waals surface area contributed by atoms with E-state index in [1.165, 1.54) is 16.8 Å². The van der Waals surface area contributed by atoms with Crippen LogP contribution in [0.15, 0.2) is 85.1 Å². The second-order valence-electron chi connectivity index (χ2n) is 7.85. The van der Waals surface area contributed by atoms with Crippen LogP contribution < -0.4 is 4.57 Å². The summed E-state index contributed by atoms with van der Waals surface area (Å²) in [5.41, 5.74) is 5.22. The number of aromatic nitrogens is 1. The second kappa shape index (κ2) is 6.00. The highest BCUT2D eigenvalue weighted by Gasteiger charge is 2.64. The van der Waals surface area contributed by atoms with Crippen molar-refractivity contribution in [3.8, 4) is 11.3 Å². The van der Waals surface area contributed by atoms with Gasteiger partial charge in [0.25, 0.3) is 0 Å². The zero-order valence-corrected chi connectivity index (χ0v) is 16.4. The lowest BCUT2D eigenvalue weighted by Crippen LogP contribution is -2.72. The highest BCUT2D eigenvalue weighted by atomic mass is 16.1. The number of ketones is 1. The number of fused-ring (bicyclic) bond motifs is 6. The van der Waals surface area contributed by atoms with Gasteiger partial charge in [0.2, 0.25) is 5.69 Å². The fourth-order valence-corrected chi connectivity index (χ4v) is 5.35. The molecule has 2 heterocycles. The van der Waals surface area contributed by atoms with Crippen LogP contribution in [0.5, 0.6) is 0 Å². The van der Waals surface area contributed by atoms with Crippen LogP contribution in [0.3, 0.4) is 0 Å². The van der Waals surface area contributed by atoms with Gasteiger partial charge in [0.1, 0.15) is 0 Å². The van der Waals surface area contributed by atoms with Crippen LogP contribution in [0, 0.1) is 0 Å². The molecule has 2 aliphatic rings. The summed E-state index contributed by atoms with van der Waals surface area (Å²) < 4.78 is 2.37. The molecule has 2 nitrogen and oxygen atoms in total. The Kier molecular flexibility index (Phi) is 3.67. The topological polar surface area (TPSA) is 20.9 Å². The number of hydrogen-bond acceptors (Lipinski definition) is 1. The molecule has 28 heavy (non-hydrogen) atoms. The lowest BCUT2D eigenvalue weighted by Gasteiger charge is -2.52. The first-order valence-corrected chi connectivity index (χ1v) is 10.1. The van der Waals surface area contributed by atoms with E-state index in [1.807, 2.05) is 36.4 Å². The summed E-state index contributed by atoms with van der Waals surface area (Å²) in [6.45, 7) is 4.53. The molecule has 0 fully saturated rings. The highest BCUT2D eigenvalue weighted by molar-refractivity contribution is 6.08. The second-order valence-corrected chi connectivity index (χ2v) is 7.85. The largest absolute Gasteiger partial charge is 0.288 e. The summed E-state index contributed by atoms with van der Waals surface area (Å²) in [6.07, 6.45) is 8.83. The number of nitrogens with zero attached hydrogens (tertiary/aromatic N) is 1. The highest BCUT2D eigenvalue weighted by Crippen LogP contribution is 2.56. The van der Waals surface area contributed by atoms with Gasteiger partial charge >= 0.3 is 0 Å². The molecule has 138 valence electrons. The molecule has 1 aliphatic carbocycles. The van der Waals surface area contributed by atoms with Gasteiger partial charge in [-0.15, -0.1) is 0 Å². The van der Waals surface area contributed by atoms with Gasteiger partial charge < -0.3 is 0 Å². The van der Waals surface area contributed by atoms with Crippen molar-refractivity contribution in [3.05, 3.63) is 102 Å². The Labute approximate surface area is 166 Å². The van der Waals surface area contributed by atoms with Gasteiger partial charge in [-0.3, -0.25) is 4.79 Å². The standard InChI is InChI=1S/C26H24NO/c1-3-25-16-17-26(25,4-2)27-18-20(24(28)19-10-6-5-7-11-19)14-15-23(27)21-12-8-9-13-22(21)25/h5-18H,3-4H2,1-2H3/q+1. The SMILES string of the molecule is CCC12C=CC1(CC)[n+]1cc(C(=O)c3ccccc3)ccc1-c1ccccc12. The quantitative estimate of drug-likeness (QED) is 0.353. The Bertz CT molecular complexity index is 1110. The van der Waals surface area contributed by atoms with E-state index < -0.39 is 0 Å². The lowest BCUT2D eigenvalue weighted by atomic mass is 9.52. The zero-order chi connectivity index (χ0) is 19.4. The van der Waals surface area contributed by atoms with E-state index in [0.29, 0.717) is 0 Å². The minimum absolute atomic E-state index is 0.00950. The Hall–Kier alpha value is -3.00. The minimum atomic E-state index is -0.113. The third-order valence-electron chi connectivity index (χ3n) is 6.87. The molecule has 0 amide bonds. The number of carbonyl (C=O) groups excluding carboxylic acids is 1. The number of carbonyl (C=O) groups is 1. The molecule has 0 radical (unpaired) electrons. The molecule has 1 aromatic heterocycles. The third-order valence-corrected chi connectivity index (χ3v) is 6.87. The minimum Gasteiger partial charge on any atom is -0.288 e. The average molecular weight is 366 g/mol. The maximum Gasteiger partial charge on any atom is 0.213 e. The van der Waals surface area contributed by atoms with Gasteiger partial charge in [-0.25, -0.2) is 0 Å². The van der Waals surface area contributed by atoms with E-state index in [4.69, 9.17) is 0 Å². The van der Waals surface area contributed by atoms with Crippen LogP contribution in [0.2, 0.25) is 0 Å². The first kappa shape index (κ1) is 17.1. The maximum absolute atomic E-state index is 13.1. The number of allylic oxidation sites excluding steroid dienone is 2. The average Bonchev–Trinajstić information content (AvgIpc) is 2.74. The predicted octanol–water partition coefficient (Wildman–Crippen LogP) is 5.21. The Morgan fingerprint density at radius 2 is 1.57 bits per heavy atom. The van der Waals surface area contributed by atoms with Gasteiger partial charge in [-0.05, 0) is 30.2 Å². The Morgan fingerprint density at radius 3 is 2.25 bits per heavy atom. The van der Waals surface area contributed by atoms with Crippen molar-refractivity contribution >= 4 is 5.78 Å². The van der Waals surface area contributed by atoms with Gasteiger partial charge in [0.05, 0.1) is 16.5 Å². The molecule has 1 aliphatic heterocycles. The normalized spacial score (nSPS) is 23.9. The summed E-state index contributed by atoms with van der Waals surface area (Å²) >= 11 is 0. The van der Waals surface area contributed by atoms with Gasteiger partial charge in [-0.2, -0.15) is 4.57 Å². The van der Waals surface area contributed by atoms with Crippen molar-refractivity contribution in [1.29, 1.82) is 0 Å². The van der Waals surface area contributed by atoms with E-state index >= 15 is 0 Å². The van der Waals surface area contributed by atoms with Crippen LogP contribution in [0.4, 0.5) is 0 Å². The van der Waals surface area contributed by atoms with Crippen LogP contribution >= 0.6 is 0 Å². The summed E-state index contributed by atoms with van der Waals surface area (Å²) in [4.78, 5) is 13.1. The van der Waals surface area contributed by atoms with E-state index in [0.717, 1.165) is 24.0 Å². The summed E-state index contributed by atoms with van der Waals surface area (Å²) in [7, 11) is 0. The molecule has 2 atom stereocenters. The number of rotatable bonds is 4. The maximum atomic E-state index is 13.1. The van der Waals surface area contributed by atoms with E-state index in [-0.39, 0.29) is 16.7 Å².